The van der Waals surface area contributed by atoms with E-state index in [0.29, 0.717) is 0 Å². The van der Waals surface area contributed by atoms with E-state index >= 15 is 0 Å². The molecule has 1 heterocycles. The molecule has 1 N–H and O–H groups in total. The molecule has 0 aromatic heterocycles. The van der Waals surface area contributed by atoms with Crippen LogP contribution in [0.15, 0.2) is 24.3 Å². The van der Waals surface area contributed by atoms with E-state index in [4.69, 9.17) is 0 Å². The summed E-state index contributed by atoms with van der Waals surface area (Å²) in [7, 11) is 0. The van der Waals surface area contributed by atoms with E-state index in [1.54, 1.807) is 11.8 Å². The maximum absolute atomic E-state index is 11.8. The summed E-state index contributed by atoms with van der Waals surface area (Å²) in [5.41, 5.74) is 2.06. The maximum Gasteiger partial charge on any atom is 0.237 e. The Hall–Kier alpha value is -0.960. The molecule has 0 aliphatic carbocycles. The molecule has 80 valence electrons. The van der Waals surface area contributed by atoms with E-state index in [1.807, 2.05) is 31.2 Å². The smallest absolute Gasteiger partial charge is 0.237 e. The lowest BCUT2D eigenvalue weighted by atomic mass is 10.2. The number of para-hydroxylation sites is 1. The van der Waals surface area contributed by atoms with Gasteiger partial charge < -0.3 is 5.32 Å². The molecular weight excluding hydrogens is 206 g/mol. The topological polar surface area (TPSA) is 29.1 Å². The van der Waals surface area contributed by atoms with E-state index in [2.05, 4.69) is 5.32 Å². The van der Waals surface area contributed by atoms with Gasteiger partial charge in [-0.1, -0.05) is 18.2 Å². The van der Waals surface area contributed by atoms with Gasteiger partial charge in [0.1, 0.15) is 0 Å². The molecule has 0 spiro atoms. The highest BCUT2D eigenvalue weighted by molar-refractivity contribution is 8.00. The summed E-state index contributed by atoms with van der Waals surface area (Å²) < 4.78 is 0. The van der Waals surface area contributed by atoms with Crippen LogP contribution in [0.2, 0.25) is 0 Å². The molecule has 1 aromatic carbocycles. The van der Waals surface area contributed by atoms with Gasteiger partial charge in [0.05, 0.1) is 5.25 Å². The van der Waals surface area contributed by atoms with Gasteiger partial charge in [-0.25, -0.2) is 0 Å². The van der Waals surface area contributed by atoms with Crippen LogP contribution < -0.4 is 5.32 Å². The van der Waals surface area contributed by atoms with Gasteiger partial charge in [-0.2, -0.15) is 0 Å². The summed E-state index contributed by atoms with van der Waals surface area (Å²) in [5.74, 6) is 1.28. The Bertz CT molecular complexity index is 358. The lowest BCUT2D eigenvalue weighted by Crippen LogP contribution is -2.23. The number of hydrogen-bond acceptors (Lipinski definition) is 2. The molecule has 2 nitrogen and oxygen atoms in total. The van der Waals surface area contributed by atoms with Crippen LogP contribution >= 0.6 is 11.8 Å². The summed E-state index contributed by atoms with van der Waals surface area (Å²) in [6, 6.07) is 7.89. The number of thioether (sulfide) groups is 1. The van der Waals surface area contributed by atoms with E-state index in [0.717, 1.165) is 29.8 Å². The molecule has 1 atom stereocenters. The fourth-order valence-electron chi connectivity index (χ4n) is 1.71. The van der Waals surface area contributed by atoms with Gasteiger partial charge in [-0.15, -0.1) is 11.8 Å². The average molecular weight is 221 g/mol. The minimum atomic E-state index is 0.157. The van der Waals surface area contributed by atoms with Gasteiger partial charge in [0, 0.05) is 5.69 Å². The number of carbonyl (C=O) groups excluding carboxylic acids is 1. The van der Waals surface area contributed by atoms with Crippen LogP contribution in [0, 0.1) is 6.92 Å². The second-order valence-corrected chi connectivity index (χ2v) is 5.12. The van der Waals surface area contributed by atoms with Crippen LogP contribution in [0.1, 0.15) is 18.4 Å². The lowest BCUT2D eigenvalue weighted by Gasteiger charge is -2.11. The molecule has 1 fully saturated rings. The highest BCUT2D eigenvalue weighted by atomic mass is 32.2. The molecule has 0 radical (unpaired) electrons. The predicted molar refractivity (Wildman–Crippen MR) is 65.3 cm³/mol. The third-order valence-corrected chi connectivity index (χ3v) is 4.00. The molecule has 1 aliphatic rings. The normalized spacial score (nSPS) is 20.2. The molecule has 3 heteroatoms. The van der Waals surface area contributed by atoms with Gasteiger partial charge in [-0.3, -0.25) is 4.79 Å². The quantitative estimate of drug-likeness (QED) is 0.832. The van der Waals surface area contributed by atoms with Crippen LogP contribution in [0.3, 0.4) is 0 Å². The standard InChI is InChI=1S/C12H15NOS/c1-9-5-2-3-6-10(9)13-12(14)11-7-4-8-15-11/h2-3,5-6,11H,4,7-8H2,1H3,(H,13,14). The third kappa shape index (κ3) is 2.53. The van der Waals surface area contributed by atoms with Crippen LogP contribution in [-0.4, -0.2) is 16.9 Å². The number of nitrogens with one attached hydrogen (secondary N) is 1. The zero-order chi connectivity index (χ0) is 10.7. The minimum Gasteiger partial charge on any atom is -0.325 e. The number of hydrogen-bond donors (Lipinski definition) is 1. The van der Waals surface area contributed by atoms with Crippen LogP contribution in [0.25, 0.3) is 0 Å². The van der Waals surface area contributed by atoms with E-state index in [-0.39, 0.29) is 11.2 Å². The van der Waals surface area contributed by atoms with Crippen molar-refractivity contribution < 1.29 is 4.79 Å². The van der Waals surface area contributed by atoms with Crippen molar-refractivity contribution in [2.45, 2.75) is 25.0 Å². The maximum atomic E-state index is 11.8. The average Bonchev–Trinajstić information content (AvgIpc) is 2.74. The van der Waals surface area contributed by atoms with Crippen LogP contribution in [-0.2, 0) is 4.79 Å². The Morgan fingerprint density at radius 3 is 2.93 bits per heavy atom. The molecule has 1 aliphatic heterocycles. The van der Waals surface area contributed by atoms with E-state index in [9.17, 15) is 4.79 Å². The molecule has 1 amide bonds. The first kappa shape index (κ1) is 10.6. The number of anilines is 1. The molecule has 1 aromatic rings. The second kappa shape index (κ2) is 4.71. The second-order valence-electron chi connectivity index (χ2n) is 3.81. The van der Waals surface area contributed by atoms with Crippen molar-refractivity contribution in [1.29, 1.82) is 0 Å². The van der Waals surface area contributed by atoms with Crippen molar-refractivity contribution in [3.8, 4) is 0 Å². The molecule has 0 bridgehead atoms. The molecular formula is C12H15NOS. The van der Waals surface area contributed by atoms with E-state index in [1.165, 1.54) is 0 Å². The van der Waals surface area contributed by atoms with Crippen molar-refractivity contribution in [1.82, 2.24) is 0 Å². The first-order chi connectivity index (χ1) is 7.27. The van der Waals surface area contributed by atoms with Crippen LogP contribution in [0.4, 0.5) is 5.69 Å². The number of rotatable bonds is 2. The molecule has 0 saturated carbocycles. The Balaban J connectivity index is 2.02. The molecule has 15 heavy (non-hydrogen) atoms. The van der Waals surface area contributed by atoms with Gasteiger partial charge >= 0.3 is 0 Å². The van der Waals surface area contributed by atoms with Crippen LogP contribution in [0.5, 0.6) is 0 Å². The third-order valence-electron chi connectivity index (χ3n) is 2.63. The summed E-state index contributed by atoms with van der Waals surface area (Å²) in [5, 5.41) is 3.15. The molecule has 1 saturated heterocycles. The fraction of sp³-hybridized carbons (Fsp3) is 0.417. The molecule has 2 rings (SSSR count). The first-order valence-electron chi connectivity index (χ1n) is 5.25. The zero-order valence-electron chi connectivity index (χ0n) is 8.82. The summed E-state index contributed by atoms with van der Waals surface area (Å²) in [6.07, 6.45) is 2.18. The lowest BCUT2D eigenvalue weighted by molar-refractivity contribution is -0.115. The van der Waals surface area contributed by atoms with Gasteiger partial charge in [0.15, 0.2) is 0 Å². The Morgan fingerprint density at radius 2 is 2.27 bits per heavy atom. The highest BCUT2D eigenvalue weighted by Gasteiger charge is 2.23. The largest absolute Gasteiger partial charge is 0.325 e. The number of aryl methyl sites for hydroxylation is 1. The Labute approximate surface area is 94.4 Å². The van der Waals surface area contributed by atoms with Gasteiger partial charge in [0.2, 0.25) is 5.91 Å². The van der Waals surface area contributed by atoms with Crippen molar-refractivity contribution >= 4 is 23.4 Å². The first-order valence-corrected chi connectivity index (χ1v) is 6.30. The molecule has 1 unspecified atom stereocenters. The highest BCUT2D eigenvalue weighted by Crippen LogP contribution is 2.27. The SMILES string of the molecule is Cc1ccccc1NC(=O)C1CCCS1. The van der Waals surface area contributed by atoms with Crippen molar-refractivity contribution in [3.63, 3.8) is 0 Å². The summed E-state index contributed by atoms with van der Waals surface area (Å²) in [4.78, 5) is 11.8. The number of amides is 1. The predicted octanol–water partition coefficient (Wildman–Crippen LogP) is 2.83. The minimum absolute atomic E-state index is 0.157. The van der Waals surface area contributed by atoms with Gasteiger partial charge in [0.25, 0.3) is 0 Å². The summed E-state index contributed by atoms with van der Waals surface area (Å²) in [6.45, 7) is 2.01. The van der Waals surface area contributed by atoms with E-state index < -0.39 is 0 Å². The van der Waals surface area contributed by atoms with Crippen molar-refractivity contribution in [3.05, 3.63) is 29.8 Å². The van der Waals surface area contributed by atoms with Crippen molar-refractivity contribution in [2.75, 3.05) is 11.1 Å². The Morgan fingerprint density at radius 1 is 1.47 bits per heavy atom. The van der Waals surface area contributed by atoms with Crippen molar-refractivity contribution in [2.24, 2.45) is 0 Å². The van der Waals surface area contributed by atoms with Gasteiger partial charge in [-0.05, 0) is 37.1 Å². The number of benzene rings is 1. The number of carbonyl (C=O) groups is 1. The monoisotopic (exact) mass is 221 g/mol. The zero-order valence-corrected chi connectivity index (χ0v) is 9.64. The Kier molecular flexibility index (Phi) is 3.31. The fourth-order valence-corrected chi connectivity index (χ4v) is 2.87. The summed E-state index contributed by atoms with van der Waals surface area (Å²) >= 11 is 1.76.